The lowest BCUT2D eigenvalue weighted by molar-refractivity contribution is 0.0694. The van der Waals surface area contributed by atoms with Gasteiger partial charge in [0.1, 0.15) is 17.1 Å². The van der Waals surface area contributed by atoms with Crippen molar-refractivity contribution < 1.29 is 14.6 Å². The SMILES string of the molecule is O=C(O)c1cc(Br)ccc1Oc1cccc(Cl)c1. The molecule has 0 fully saturated rings. The maximum Gasteiger partial charge on any atom is 0.339 e. The fourth-order valence-corrected chi connectivity index (χ4v) is 1.96. The summed E-state index contributed by atoms with van der Waals surface area (Å²) >= 11 is 9.06. The molecule has 1 N–H and O–H groups in total. The van der Waals surface area contributed by atoms with Crippen LogP contribution in [0.15, 0.2) is 46.9 Å². The lowest BCUT2D eigenvalue weighted by Crippen LogP contribution is -1.99. The van der Waals surface area contributed by atoms with Gasteiger partial charge in [0.2, 0.25) is 0 Å². The fourth-order valence-electron chi connectivity index (χ4n) is 1.42. The van der Waals surface area contributed by atoms with Crippen LogP contribution in [-0.4, -0.2) is 11.1 Å². The second-order valence-corrected chi connectivity index (χ2v) is 4.86. The maximum atomic E-state index is 11.1. The number of carbonyl (C=O) groups is 1. The van der Waals surface area contributed by atoms with E-state index >= 15 is 0 Å². The highest BCUT2D eigenvalue weighted by Gasteiger charge is 2.12. The van der Waals surface area contributed by atoms with Crippen molar-refractivity contribution in [3.8, 4) is 11.5 Å². The normalized spacial score (nSPS) is 10.1. The molecule has 5 heteroatoms. The molecule has 0 atom stereocenters. The summed E-state index contributed by atoms with van der Waals surface area (Å²) in [5.74, 6) is -0.284. The van der Waals surface area contributed by atoms with Gasteiger partial charge in [-0.1, -0.05) is 33.6 Å². The molecule has 0 aliphatic rings. The van der Waals surface area contributed by atoms with Gasteiger partial charge in [0, 0.05) is 9.50 Å². The van der Waals surface area contributed by atoms with E-state index in [1.807, 2.05) is 0 Å². The molecule has 0 aromatic heterocycles. The monoisotopic (exact) mass is 326 g/mol. The molecule has 0 bridgehead atoms. The molecule has 0 heterocycles. The molecule has 0 saturated carbocycles. The molecule has 3 nitrogen and oxygen atoms in total. The number of carboxylic acid groups (broad SMARTS) is 1. The predicted octanol–water partition coefficient (Wildman–Crippen LogP) is 4.59. The van der Waals surface area contributed by atoms with Crippen molar-refractivity contribution in [2.45, 2.75) is 0 Å². The molecule has 0 amide bonds. The number of aromatic carboxylic acids is 1. The van der Waals surface area contributed by atoms with E-state index in [2.05, 4.69) is 15.9 Å². The van der Waals surface area contributed by atoms with E-state index in [1.165, 1.54) is 6.07 Å². The Morgan fingerprint density at radius 2 is 2.00 bits per heavy atom. The zero-order chi connectivity index (χ0) is 13.1. The van der Waals surface area contributed by atoms with E-state index in [0.717, 1.165) is 0 Å². The topological polar surface area (TPSA) is 46.5 Å². The Bertz CT molecular complexity index is 599. The van der Waals surface area contributed by atoms with Crippen LogP contribution in [0.3, 0.4) is 0 Å². The van der Waals surface area contributed by atoms with Gasteiger partial charge >= 0.3 is 5.97 Å². The number of carboxylic acids is 1. The predicted molar refractivity (Wildman–Crippen MR) is 72.6 cm³/mol. The van der Waals surface area contributed by atoms with Gasteiger partial charge in [-0.15, -0.1) is 0 Å². The average Bonchev–Trinajstić information content (AvgIpc) is 2.31. The Kier molecular flexibility index (Phi) is 3.89. The third-order valence-corrected chi connectivity index (χ3v) is 2.92. The van der Waals surface area contributed by atoms with E-state index in [9.17, 15) is 4.79 Å². The van der Waals surface area contributed by atoms with Gasteiger partial charge < -0.3 is 9.84 Å². The minimum Gasteiger partial charge on any atom is -0.478 e. The number of halogens is 2. The van der Waals surface area contributed by atoms with Gasteiger partial charge in [-0.05, 0) is 36.4 Å². The Labute approximate surface area is 117 Å². The molecule has 0 spiro atoms. The van der Waals surface area contributed by atoms with Crippen molar-refractivity contribution in [2.24, 2.45) is 0 Å². The van der Waals surface area contributed by atoms with Crippen LogP contribution in [0.4, 0.5) is 0 Å². The molecule has 92 valence electrons. The fraction of sp³-hybridized carbons (Fsp3) is 0. The largest absolute Gasteiger partial charge is 0.478 e. The Morgan fingerprint density at radius 3 is 2.67 bits per heavy atom. The van der Waals surface area contributed by atoms with Crippen molar-refractivity contribution in [1.82, 2.24) is 0 Å². The highest BCUT2D eigenvalue weighted by atomic mass is 79.9. The highest BCUT2D eigenvalue weighted by molar-refractivity contribution is 9.10. The quantitative estimate of drug-likeness (QED) is 0.896. The highest BCUT2D eigenvalue weighted by Crippen LogP contribution is 2.29. The zero-order valence-electron chi connectivity index (χ0n) is 9.06. The molecule has 0 radical (unpaired) electrons. The lowest BCUT2D eigenvalue weighted by atomic mass is 10.2. The molecule has 18 heavy (non-hydrogen) atoms. The summed E-state index contributed by atoms with van der Waals surface area (Å²) in [5, 5.41) is 9.62. The van der Waals surface area contributed by atoms with Crippen LogP contribution < -0.4 is 4.74 Å². The first kappa shape index (κ1) is 12.9. The Balaban J connectivity index is 2.37. The van der Waals surface area contributed by atoms with Crippen molar-refractivity contribution in [2.75, 3.05) is 0 Å². The molecule has 0 unspecified atom stereocenters. The third kappa shape index (κ3) is 3.03. The number of hydrogen-bond acceptors (Lipinski definition) is 2. The third-order valence-electron chi connectivity index (χ3n) is 2.20. The van der Waals surface area contributed by atoms with Gasteiger partial charge in [0.25, 0.3) is 0 Å². The number of ether oxygens (including phenoxy) is 1. The van der Waals surface area contributed by atoms with Crippen LogP contribution in [-0.2, 0) is 0 Å². The Hall–Kier alpha value is -1.52. The number of rotatable bonds is 3. The summed E-state index contributed by atoms with van der Waals surface area (Å²) in [6.45, 7) is 0. The second-order valence-electron chi connectivity index (χ2n) is 3.51. The number of hydrogen-bond donors (Lipinski definition) is 1. The van der Waals surface area contributed by atoms with Crippen LogP contribution in [0.5, 0.6) is 11.5 Å². The van der Waals surface area contributed by atoms with Crippen molar-refractivity contribution in [1.29, 1.82) is 0 Å². The average molecular weight is 328 g/mol. The molecule has 2 aromatic rings. The second kappa shape index (κ2) is 5.42. The van der Waals surface area contributed by atoms with Gasteiger partial charge in [0.15, 0.2) is 0 Å². The molecular formula is C13H8BrClO3. The first-order chi connectivity index (χ1) is 8.56. The van der Waals surface area contributed by atoms with Crippen molar-refractivity contribution in [3.63, 3.8) is 0 Å². The van der Waals surface area contributed by atoms with E-state index < -0.39 is 5.97 Å². The van der Waals surface area contributed by atoms with Crippen LogP contribution in [0.25, 0.3) is 0 Å². The van der Waals surface area contributed by atoms with Crippen molar-refractivity contribution >= 4 is 33.5 Å². The lowest BCUT2D eigenvalue weighted by Gasteiger charge is -2.09. The van der Waals surface area contributed by atoms with Gasteiger partial charge in [-0.3, -0.25) is 0 Å². The molecule has 0 aliphatic heterocycles. The minimum atomic E-state index is -1.05. The van der Waals surface area contributed by atoms with E-state index in [0.29, 0.717) is 15.2 Å². The van der Waals surface area contributed by atoms with E-state index in [4.69, 9.17) is 21.4 Å². The summed E-state index contributed by atoms with van der Waals surface area (Å²) in [7, 11) is 0. The molecular weight excluding hydrogens is 319 g/mol. The van der Waals surface area contributed by atoms with Gasteiger partial charge in [-0.25, -0.2) is 4.79 Å². The molecule has 2 rings (SSSR count). The molecule has 2 aromatic carbocycles. The van der Waals surface area contributed by atoms with Gasteiger partial charge in [0.05, 0.1) is 0 Å². The smallest absolute Gasteiger partial charge is 0.339 e. The summed E-state index contributed by atoms with van der Waals surface area (Å²) in [6, 6.07) is 11.6. The van der Waals surface area contributed by atoms with Crippen LogP contribution in [0, 0.1) is 0 Å². The maximum absolute atomic E-state index is 11.1. The molecule has 0 aliphatic carbocycles. The molecule has 0 saturated heterocycles. The standard InChI is InChI=1S/C13H8BrClO3/c14-8-4-5-12(11(6-8)13(16)17)18-10-3-1-2-9(15)7-10/h1-7H,(H,16,17). The minimum absolute atomic E-state index is 0.0874. The summed E-state index contributed by atoms with van der Waals surface area (Å²) < 4.78 is 6.20. The first-order valence-electron chi connectivity index (χ1n) is 5.02. The summed E-state index contributed by atoms with van der Waals surface area (Å²) in [6.07, 6.45) is 0. The van der Waals surface area contributed by atoms with E-state index in [-0.39, 0.29) is 11.3 Å². The summed E-state index contributed by atoms with van der Waals surface area (Å²) in [5.41, 5.74) is 0.0874. The first-order valence-corrected chi connectivity index (χ1v) is 6.19. The summed E-state index contributed by atoms with van der Waals surface area (Å²) in [4.78, 5) is 11.1. The zero-order valence-corrected chi connectivity index (χ0v) is 11.4. The van der Waals surface area contributed by atoms with Crippen LogP contribution in [0.1, 0.15) is 10.4 Å². The van der Waals surface area contributed by atoms with Crippen molar-refractivity contribution in [3.05, 3.63) is 57.5 Å². The van der Waals surface area contributed by atoms with E-state index in [1.54, 1.807) is 36.4 Å². The van der Waals surface area contributed by atoms with Gasteiger partial charge in [-0.2, -0.15) is 0 Å². The van der Waals surface area contributed by atoms with Crippen LogP contribution in [0.2, 0.25) is 5.02 Å². The Morgan fingerprint density at radius 1 is 1.22 bits per heavy atom. The van der Waals surface area contributed by atoms with Crippen LogP contribution >= 0.6 is 27.5 Å². The number of benzene rings is 2.